The first-order valence-corrected chi connectivity index (χ1v) is 11.2. The predicted octanol–water partition coefficient (Wildman–Crippen LogP) is 3.99. The molecule has 0 aromatic heterocycles. The number of nitrogens with zero attached hydrogens (tertiary/aromatic N) is 1. The molecule has 5 nitrogen and oxygen atoms in total. The number of nitrogens with one attached hydrogen (secondary N) is 2. The molecule has 0 heterocycles. The molecule has 0 spiro atoms. The van der Waals surface area contributed by atoms with Crippen molar-refractivity contribution in [3.63, 3.8) is 0 Å². The van der Waals surface area contributed by atoms with Crippen molar-refractivity contribution >= 4 is 11.8 Å². The predicted molar refractivity (Wildman–Crippen MR) is 127 cm³/mol. The summed E-state index contributed by atoms with van der Waals surface area (Å²) in [5, 5.41) is 5.51. The third kappa shape index (κ3) is 7.75. The standard InChI is InChI=1S/C26H36FN3O2/c1-18(2)13-21(20-9-7-6-8-10-20)16-25(31)29-17-22(30(4)5)14-19-11-12-23(24(27)15-19)26(32)28-3/h6-12,15,18,21-22H,13-14,16-17H2,1-5H3,(H,28,32)(H,29,31)/t21-,22+/m1/s1. The molecule has 2 atom stereocenters. The zero-order chi connectivity index (χ0) is 23.7. The maximum atomic E-state index is 14.3. The number of hydrogen-bond acceptors (Lipinski definition) is 3. The van der Waals surface area contributed by atoms with Crippen LogP contribution < -0.4 is 10.6 Å². The molecule has 0 saturated carbocycles. The van der Waals surface area contributed by atoms with Crippen LogP contribution in [0.5, 0.6) is 0 Å². The number of amides is 2. The van der Waals surface area contributed by atoms with E-state index in [1.165, 1.54) is 24.7 Å². The van der Waals surface area contributed by atoms with Crippen molar-refractivity contribution in [2.24, 2.45) is 5.92 Å². The van der Waals surface area contributed by atoms with Gasteiger partial charge in [-0.1, -0.05) is 50.2 Å². The third-order valence-corrected chi connectivity index (χ3v) is 5.70. The molecule has 174 valence electrons. The molecule has 0 aliphatic heterocycles. The summed E-state index contributed by atoms with van der Waals surface area (Å²) in [6.45, 7) is 4.81. The van der Waals surface area contributed by atoms with Gasteiger partial charge in [-0.25, -0.2) is 4.39 Å². The van der Waals surface area contributed by atoms with E-state index in [9.17, 15) is 14.0 Å². The van der Waals surface area contributed by atoms with Gasteiger partial charge in [0.1, 0.15) is 5.82 Å². The Kier molecular flexibility index (Phi) is 9.85. The molecule has 2 N–H and O–H groups in total. The van der Waals surface area contributed by atoms with Gasteiger partial charge in [0.25, 0.3) is 5.91 Å². The van der Waals surface area contributed by atoms with Crippen molar-refractivity contribution in [2.45, 2.75) is 45.1 Å². The normalized spacial score (nSPS) is 13.1. The highest BCUT2D eigenvalue weighted by atomic mass is 19.1. The number of benzene rings is 2. The van der Waals surface area contributed by atoms with E-state index in [1.807, 2.05) is 37.2 Å². The van der Waals surface area contributed by atoms with Gasteiger partial charge in [0.15, 0.2) is 0 Å². The van der Waals surface area contributed by atoms with Crippen molar-refractivity contribution in [1.29, 1.82) is 0 Å². The van der Waals surface area contributed by atoms with Crippen molar-refractivity contribution in [2.75, 3.05) is 27.7 Å². The molecule has 0 unspecified atom stereocenters. The van der Waals surface area contributed by atoms with Gasteiger partial charge in [-0.15, -0.1) is 0 Å². The summed E-state index contributed by atoms with van der Waals surface area (Å²) in [7, 11) is 5.36. The topological polar surface area (TPSA) is 61.4 Å². The summed E-state index contributed by atoms with van der Waals surface area (Å²) >= 11 is 0. The van der Waals surface area contributed by atoms with Gasteiger partial charge in [-0.05, 0) is 62.0 Å². The lowest BCUT2D eigenvalue weighted by Gasteiger charge is -2.26. The van der Waals surface area contributed by atoms with Crippen LogP contribution in [0.4, 0.5) is 4.39 Å². The number of rotatable bonds is 11. The lowest BCUT2D eigenvalue weighted by molar-refractivity contribution is -0.121. The fourth-order valence-corrected chi connectivity index (χ4v) is 3.87. The molecule has 2 rings (SSSR count). The van der Waals surface area contributed by atoms with Gasteiger partial charge in [-0.2, -0.15) is 0 Å². The number of hydrogen-bond donors (Lipinski definition) is 2. The van der Waals surface area contributed by atoms with Crippen LogP contribution >= 0.6 is 0 Å². The number of likely N-dealkylation sites (N-methyl/N-ethyl adjacent to an activating group) is 1. The minimum atomic E-state index is -0.539. The minimum Gasteiger partial charge on any atom is -0.355 e. The van der Waals surface area contributed by atoms with Crippen molar-refractivity contribution in [3.8, 4) is 0 Å². The van der Waals surface area contributed by atoms with E-state index in [2.05, 4.69) is 36.6 Å². The summed E-state index contributed by atoms with van der Waals surface area (Å²) in [4.78, 5) is 26.5. The summed E-state index contributed by atoms with van der Waals surface area (Å²) < 4.78 is 14.3. The van der Waals surface area contributed by atoms with Gasteiger partial charge in [0.2, 0.25) is 5.91 Å². The van der Waals surface area contributed by atoms with Crippen molar-refractivity contribution in [1.82, 2.24) is 15.5 Å². The molecular weight excluding hydrogens is 405 g/mol. The first-order valence-electron chi connectivity index (χ1n) is 11.2. The van der Waals surface area contributed by atoms with Crippen LogP contribution in [-0.4, -0.2) is 50.4 Å². The van der Waals surface area contributed by atoms with E-state index in [0.29, 0.717) is 25.3 Å². The highest BCUT2D eigenvalue weighted by Gasteiger charge is 2.20. The summed E-state index contributed by atoms with van der Waals surface area (Å²) in [6, 6.07) is 14.8. The maximum absolute atomic E-state index is 14.3. The molecular formula is C26H36FN3O2. The Hall–Kier alpha value is -2.73. The highest BCUT2D eigenvalue weighted by Crippen LogP contribution is 2.27. The Morgan fingerprint density at radius 3 is 2.31 bits per heavy atom. The zero-order valence-corrected chi connectivity index (χ0v) is 19.8. The monoisotopic (exact) mass is 441 g/mol. The van der Waals surface area contributed by atoms with Crippen molar-refractivity contribution in [3.05, 3.63) is 71.0 Å². The molecule has 0 radical (unpaired) electrons. The first-order chi connectivity index (χ1) is 15.2. The Morgan fingerprint density at radius 1 is 1.06 bits per heavy atom. The van der Waals surface area contributed by atoms with Gasteiger partial charge in [0.05, 0.1) is 5.56 Å². The van der Waals surface area contributed by atoms with Gasteiger partial charge in [-0.3, -0.25) is 9.59 Å². The summed E-state index contributed by atoms with van der Waals surface area (Å²) in [6.07, 6.45) is 1.95. The quantitative estimate of drug-likeness (QED) is 0.554. The van der Waals surface area contributed by atoms with E-state index in [-0.39, 0.29) is 23.4 Å². The van der Waals surface area contributed by atoms with Crippen LogP contribution in [0.15, 0.2) is 48.5 Å². The fraction of sp³-hybridized carbons (Fsp3) is 0.462. The number of carbonyl (C=O) groups is 2. The van der Waals surface area contributed by atoms with Crippen LogP contribution in [0.25, 0.3) is 0 Å². The number of carbonyl (C=O) groups excluding carboxylic acids is 2. The molecule has 2 aromatic rings. The van der Waals surface area contributed by atoms with E-state index < -0.39 is 11.7 Å². The van der Waals surface area contributed by atoms with Gasteiger partial charge in [0, 0.05) is 26.1 Å². The van der Waals surface area contributed by atoms with Crippen LogP contribution in [-0.2, 0) is 11.2 Å². The lowest BCUT2D eigenvalue weighted by Crippen LogP contribution is -2.42. The van der Waals surface area contributed by atoms with Crippen LogP contribution in [0, 0.1) is 11.7 Å². The Labute approximate surface area is 191 Å². The average Bonchev–Trinajstić information content (AvgIpc) is 2.75. The third-order valence-electron chi connectivity index (χ3n) is 5.70. The van der Waals surface area contributed by atoms with Crippen LogP contribution in [0.1, 0.15) is 54.1 Å². The molecule has 0 aliphatic carbocycles. The largest absolute Gasteiger partial charge is 0.355 e. The molecule has 32 heavy (non-hydrogen) atoms. The SMILES string of the molecule is CNC(=O)c1ccc(C[C@@H](CNC(=O)C[C@@H](CC(C)C)c2ccccc2)N(C)C)cc1F. The van der Waals surface area contributed by atoms with E-state index >= 15 is 0 Å². The molecule has 6 heteroatoms. The Balaban J connectivity index is 2.00. The molecule has 2 amide bonds. The molecule has 0 fully saturated rings. The summed E-state index contributed by atoms with van der Waals surface area (Å²) in [5.74, 6) is -0.286. The van der Waals surface area contributed by atoms with Crippen LogP contribution in [0.3, 0.4) is 0 Å². The van der Waals surface area contributed by atoms with Gasteiger partial charge < -0.3 is 15.5 Å². The number of halogens is 1. The Morgan fingerprint density at radius 2 is 1.75 bits per heavy atom. The van der Waals surface area contributed by atoms with Crippen molar-refractivity contribution < 1.29 is 14.0 Å². The molecule has 2 aromatic carbocycles. The second-order valence-electron chi connectivity index (χ2n) is 8.96. The summed E-state index contributed by atoms with van der Waals surface area (Å²) in [5.41, 5.74) is 2.00. The smallest absolute Gasteiger partial charge is 0.253 e. The minimum absolute atomic E-state index is 0.00414. The highest BCUT2D eigenvalue weighted by molar-refractivity contribution is 5.94. The zero-order valence-electron chi connectivity index (χ0n) is 19.8. The lowest BCUT2D eigenvalue weighted by atomic mass is 9.87. The second kappa shape index (κ2) is 12.3. The molecule has 0 saturated heterocycles. The maximum Gasteiger partial charge on any atom is 0.253 e. The van der Waals surface area contributed by atoms with E-state index in [0.717, 1.165) is 12.0 Å². The van der Waals surface area contributed by atoms with Gasteiger partial charge >= 0.3 is 0 Å². The average molecular weight is 442 g/mol. The first kappa shape index (κ1) is 25.5. The van der Waals surface area contributed by atoms with E-state index in [4.69, 9.17) is 0 Å². The fourth-order valence-electron chi connectivity index (χ4n) is 3.87. The Bertz CT molecular complexity index is 884. The second-order valence-corrected chi connectivity index (χ2v) is 8.96. The van der Waals surface area contributed by atoms with Crippen LogP contribution in [0.2, 0.25) is 0 Å². The van der Waals surface area contributed by atoms with E-state index in [1.54, 1.807) is 6.07 Å². The molecule has 0 bridgehead atoms. The molecule has 0 aliphatic rings.